The maximum Gasteiger partial charge on any atom is 0.413 e. The van der Waals surface area contributed by atoms with Crippen molar-refractivity contribution in [2.24, 2.45) is 0 Å². The molecule has 9 nitrogen and oxygen atoms in total. The summed E-state index contributed by atoms with van der Waals surface area (Å²) in [5.41, 5.74) is 1.04. The van der Waals surface area contributed by atoms with E-state index in [0.29, 0.717) is 28.6 Å². The van der Waals surface area contributed by atoms with E-state index in [1.165, 1.54) is 27.8 Å². The number of hydrogen-bond donors (Lipinski definition) is 2. The van der Waals surface area contributed by atoms with Gasteiger partial charge in [-0.3, -0.25) is 14.9 Å². The number of methoxy groups -OCH3 is 1. The summed E-state index contributed by atoms with van der Waals surface area (Å²) < 4.78 is 32.2. The molecule has 2 N–H and O–H groups in total. The van der Waals surface area contributed by atoms with E-state index in [9.17, 15) is 22.8 Å². The number of rotatable bonds is 5. The molecular formula is C19H20ClN3O6S3. The number of carbonyl (C=O) groups excluding carboxylic acids is 3. The number of alkyl carbamates (subject to hydrolysis) is 1. The zero-order valence-corrected chi connectivity index (χ0v) is 20.2. The van der Waals surface area contributed by atoms with Crippen LogP contribution in [0.3, 0.4) is 0 Å². The molecule has 2 aliphatic rings. The van der Waals surface area contributed by atoms with E-state index in [4.69, 9.17) is 11.6 Å². The number of nitrogens with zero attached hydrogens (tertiary/aromatic N) is 1. The van der Waals surface area contributed by atoms with Crippen LogP contribution < -0.4 is 10.6 Å². The lowest BCUT2D eigenvalue weighted by Crippen LogP contribution is -2.43. The van der Waals surface area contributed by atoms with Crippen molar-refractivity contribution >= 4 is 67.2 Å². The molecule has 0 saturated carbocycles. The Morgan fingerprint density at radius 1 is 1.19 bits per heavy atom. The third kappa shape index (κ3) is 4.29. The lowest BCUT2D eigenvalue weighted by Gasteiger charge is -2.22. The number of amides is 3. The van der Waals surface area contributed by atoms with E-state index in [0.717, 1.165) is 41.7 Å². The number of hydrogen-bond acceptors (Lipinski definition) is 8. The Kier molecular flexibility index (Phi) is 6.59. The molecule has 4 rings (SSSR count). The molecule has 1 aliphatic heterocycles. The number of halogens is 1. The van der Waals surface area contributed by atoms with Gasteiger partial charge < -0.3 is 10.1 Å². The van der Waals surface area contributed by atoms with Crippen LogP contribution in [0.5, 0.6) is 0 Å². The molecule has 172 valence electrons. The molecule has 1 fully saturated rings. The summed E-state index contributed by atoms with van der Waals surface area (Å²) in [4.78, 5) is 38.3. The van der Waals surface area contributed by atoms with Crippen LogP contribution in [0.25, 0.3) is 0 Å². The van der Waals surface area contributed by atoms with E-state index in [1.807, 2.05) is 0 Å². The zero-order valence-electron chi connectivity index (χ0n) is 17.0. The van der Waals surface area contributed by atoms with Crippen molar-refractivity contribution in [3.8, 4) is 0 Å². The van der Waals surface area contributed by atoms with Gasteiger partial charge in [-0.05, 0) is 49.8 Å². The normalized spacial score (nSPS) is 18.4. The van der Waals surface area contributed by atoms with E-state index in [-0.39, 0.29) is 16.3 Å². The molecule has 0 radical (unpaired) electrons. The number of fused-ring (bicyclic) bond motifs is 1. The number of ether oxygens (including phenoxy) is 1. The van der Waals surface area contributed by atoms with Gasteiger partial charge in [0.15, 0.2) is 0 Å². The molecule has 1 atom stereocenters. The molecule has 32 heavy (non-hydrogen) atoms. The standard InChI is InChI=1S/C19H20ClN3O6S3/c1-29-19(26)22-17(25)15-10-4-2-6-12(10)30-18(15)21-16(24)11-5-3-9-23(11)32(27,28)14-8-7-13(20)31-14/h7-8,11H,2-6,9H2,1H3,(H,21,24)(H,22,25,26). The minimum absolute atomic E-state index is 0.0791. The molecule has 2 aromatic heterocycles. The number of sulfonamides is 1. The maximum atomic E-state index is 13.1. The monoisotopic (exact) mass is 517 g/mol. The van der Waals surface area contributed by atoms with Crippen molar-refractivity contribution < 1.29 is 27.5 Å². The molecular weight excluding hydrogens is 498 g/mol. The van der Waals surface area contributed by atoms with Gasteiger partial charge in [-0.15, -0.1) is 22.7 Å². The van der Waals surface area contributed by atoms with Crippen LogP contribution in [0.4, 0.5) is 9.80 Å². The minimum atomic E-state index is -3.88. The van der Waals surface area contributed by atoms with E-state index in [1.54, 1.807) is 0 Å². The highest BCUT2D eigenvalue weighted by atomic mass is 35.5. The number of thiophene rings is 2. The second kappa shape index (κ2) is 9.10. The molecule has 3 heterocycles. The van der Waals surface area contributed by atoms with Gasteiger partial charge in [-0.1, -0.05) is 11.6 Å². The quantitative estimate of drug-likeness (QED) is 0.628. The zero-order chi connectivity index (χ0) is 23.0. The van der Waals surface area contributed by atoms with Crippen molar-refractivity contribution in [1.82, 2.24) is 9.62 Å². The highest BCUT2D eigenvalue weighted by Crippen LogP contribution is 2.40. The number of nitrogens with one attached hydrogen (secondary N) is 2. The third-order valence-corrected chi connectivity index (χ3v) is 10.2. The topological polar surface area (TPSA) is 122 Å². The van der Waals surface area contributed by atoms with Crippen LogP contribution in [0.2, 0.25) is 4.34 Å². The Morgan fingerprint density at radius 3 is 2.66 bits per heavy atom. The highest BCUT2D eigenvalue weighted by molar-refractivity contribution is 7.91. The van der Waals surface area contributed by atoms with E-state index >= 15 is 0 Å². The van der Waals surface area contributed by atoms with Gasteiger partial charge in [0.25, 0.3) is 15.9 Å². The minimum Gasteiger partial charge on any atom is -0.453 e. The first-order chi connectivity index (χ1) is 15.2. The highest BCUT2D eigenvalue weighted by Gasteiger charge is 2.41. The van der Waals surface area contributed by atoms with Gasteiger partial charge in [0.2, 0.25) is 5.91 Å². The Balaban J connectivity index is 1.59. The molecule has 13 heteroatoms. The SMILES string of the molecule is COC(=O)NC(=O)c1c(NC(=O)C2CCCN2S(=O)(=O)c2ccc(Cl)s2)sc2c1CCC2. The Bertz CT molecular complexity index is 1190. The number of carbonyl (C=O) groups is 3. The predicted molar refractivity (Wildman–Crippen MR) is 121 cm³/mol. The molecule has 1 aliphatic carbocycles. The summed E-state index contributed by atoms with van der Waals surface area (Å²) in [5, 5.41) is 5.20. The van der Waals surface area contributed by atoms with Gasteiger partial charge in [-0.2, -0.15) is 4.31 Å². The molecule has 0 spiro atoms. The molecule has 2 aromatic rings. The first-order valence-corrected chi connectivity index (χ1v) is 13.3. The van der Waals surface area contributed by atoms with Gasteiger partial charge in [0, 0.05) is 11.4 Å². The van der Waals surface area contributed by atoms with Gasteiger partial charge in [0.1, 0.15) is 15.3 Å². The average Bonchev–Trinajstić information content (AvgIpc) is 3.51. The van der Waals surface area contributed by atoms with Crippen molar-refractivity contribution in [1.29, 1.82) is 0 Å². The molecule has 0 aromatic carbocycles. The van der Waals surface area contributed by atoms with Gasteiger partial charge in [-0.25, -0.2) is 13.2 Å². The van der Waals surface area contributed by atoms with Crippen molar-refractivity contribution in [2.45, 2.75) is 42.4 Å². The fourth-order valence-corrected chi connectivity index (χ4v) is 8.53. The lowest BCUT2D eigenvalue weighted by atomic mass is 10.1. The van der Waals surface area contributed by atoms with Crippen molar-refractivity contribution in [2.75, 3.05) is 19.0 Å². The average molecular weight is 518 g/mol. The predicted octanol–water partition coefficient (Wildman–Crippen LogP) is 3.24. The fraction of sp³-hybridized carbons (Fsp3) is 0.421. The van der Waals surface area contributed by atoms with Crippen LogP contribution >= 0.6 is 34.3 Å². The molecule has 0 bridgehead atoms. The number of aryl methyl sites for hydroxylation is 1. The summed E-state index contributed by atoms with van der Waals surface area (Å²) in [6, 6.07) is 2.02. The largest absolute Gasteiger partial charge is 0.453 e. The second-order valence-electron chi connectivity index (χ2n) is 7.33. The summed E-state index contributed by atoms with van der Waals surface area (Å²) in [7, 11) is -2.73. The van der Waals surface area contributed by atoms with Crippen molar-refractivity contribution in [3.63, 3.8) is 0 Å². The van der Waals surface area contributed by atoms with E-state index in [2.05, 4.69) is 15.4 Å². The summed E-state index contributed by atoms with van der Waals surface area (Å²) in [5.74, 6) is -1.17. The fourth-order valence-electron chi connectivity index (χ4n) is 3.98. The molecule has 3 amide bonds. The van der Waals surface area contributed by atoms with E-state index < -0.39 is 34.0 Å². The van der Waals surface area contributed by atoms with Crippen LogP contribution in [-0.2, 0) is 32.4 Å². The molecule has 1 saturated heterocycles. The maximum absolute atomic E-state index is 13.1. The molecule has 1 unspecified atom stereocenters. The van der Waals surface area contributed by atoms with Crippen LogP contribution in [0, 0.1) is 0 Å². The van der Waals surface area contributed by atoms with Gasteiger partial charge >= 0.3 is 6.09 Å². The number of imide groups is 1. The summed E-state index contributed by atoms with van der Waals surface area (Å²) >= 11 is 8.11. The first kappa shape index (κ1) is 23.2. The van der Waals surface area contributed by atoms with Crippen molar-refractivity contribution in [3.05, 3.63) is 32.5 Å². The Labute approximate surface area is 197 Å². The summed E-state index contributed by atoms with van der Waals surface area (Å²) in [6.07, 6.45) is 2.32. The number of anilines is 1. The first-order valence-electron chi connectivity index (χ1n) is 9.84. The Morgan fingerprint density at radius 2 is 1.97 bits per heavy atom. The van der Waals surface area contributed by atoms with Gasteiger partial charge in [0.05, 0.1) is 17.0 Å². The Hall–Kier alpha value is -1.99. The smallest absolute Gasteiger partial charge is 0.413 e. The van der Waals surface area contributed by atoms with Crippen LogP contribution in [0.15, 0.2) is 16.3 Å². The van der Waals surface area contributed by atoms with Crippen LogP contribution in [-0.4, -0.2) is 50.3 Å². The second-order valence-corrected chi connectivity index (χ2v) is 12.3. The lowest BCUT2D eigenvalue weighted by molar-refractivity contribution is -0.119. The summed E-state index contributed by atoms with van der Waals surface area (Å²) in [6.45, 7) is 0.215. The van der Waals surface area contributed by atoms with Crippen LogP contribution in [0.1, 0.15) is 40.1 Å². The third-order valence-electron chi connectivity index (χ3n) is 5.40.